The summed E-state index contributed by atoms with van der Waals surface area (Å²) in [6.45, 7) is 7.07. The van der Waals surface area contributed by atoms with Gasteiger partial charge in [-0.2, -0.15) is 16.2 Å². The van der Waals surface area contributed by atoms with E-state index < -0.39 is 34.7 Å². The fourth-order valence-electron chi connectivity index (χ4n) is 5.63. The van der Waals surface area contributed by atoms with Crippen molar-refractivity contribution in [1.82, 2.24) is 16.2 Å². The van der Waals surface area contributed by atoms with E-state index >= 15 is 0 Å². The number of hydrogen-bond donors (Lipinski definition) is 3. The van der Waals surface area contributed by atoms with Crippen LogP contribution in [0.4, 0.5) is 0 Å². The Hall–Kier alpha value is -0.990. The summed E-state index contributed by atoms with van der Waals surface area (Å²) in [7, 11) is 0. The number of hydrogen-bond acceptors (Lipinski definition) is 11. The average Bonchev–Trinajstić information content (AvgIpc) is 2.80. The van der Waals surface area contributed by atoms with Crippen LogP contribution in [0.5, 0.6) is 0 Å². The molecule has 0 amide bonds. The molecule has 4 N–H and O–H groups in total. The highest BCUT2D eigenvalue weighted by Gasteiger charge is 2.77. The monoisotopic (exact) mass is 383 g/mol. The van der Waals surface area contributed by atoms with Crippen LogP contribution in [0.2, 0.25) is 0 Å². The molecule has 2 aliphatic carbocycles. The molecule has 11 heteroatoms. The Bertz CT molecular complexity index is 665. The lowest BCUT2D eigenvalue weighted by molar-refractivity contribution is -0.287. The van der Waals surface area contributed by atoms with Crippen molar-refractivity contribution in [2.45, 2.75) is 56.6 Å². The molecule has 152 valence electrons. The molecule has 3 unspecified atom stereocenters. The summed E-state index contributed by atoms with van der Waals surface area (Å²) in [6, 6.07) is -0.304. The normalized spacial score (nSPS) is 51.0. The summed E-state index contributed by atoms with van der Waals surface area (Å²) in [5, 5.41) is 34.2. The zero-order valence-corrected chi connectivity index (χ0v) is 15.3. The molecule has 1 saturated carbocycles. The molecule has 0 aromatic carbocycles. The number of nitrogens with one attached hydrogen (secondary N) is 1. The maximum absolute atomic E-state index is 12.1. The summed E-state index contributed by atoms with van der Waals surface area (Å²) in [6.07, 6.45) is 0.995. The fraction of sp³-hybridized carbons (Fsp3) is 0.812. The zero-order chi connectivity index (χ0) is 19.6. The number of fused-ring (bicyclic) bond motifs is 1. The van der Waals surface area contributed by atoms with E-state index in [-0.39, 0.29) is 29.9 Å². The van der Waals surface area contributed by atoms with Crippen molar-refractivity contribution in [2.24, 2.45) is 21.6 Å². The van der Waals surface area contributed by atoms with E-state index in [9.17, 15) is 15.5 Å². The molecule has 2 saturated heterocycles. The van der Waals surface area contributed by atoms with Crippen molar-refractivity contribution in [2.75, 3.05) is 13.2 Å². The molecule has 1 spiro atoms. The van der Waals surface area contributed by atoms with E-state index in [2.05, 4.69) is 11.7 Å². The third-order valence-corrected chi connectivity index (χ3v) is 7.33. The summed E-state index contributed by atoms with van der Waals surface area (Å²) in [5.41, 5.74) is 6.29. The Kier molecular flexibility index (Phi) is 4.48. The number of aliphatic hydroxyl groups is 1. The molecule has 0 radical (unpaired) electrons. The van der Waals surface area contributed by atoms with Gasteiger partial charge in [0.15, 0.2) is 0 Å². The Morgan fingerprint density at radius 2 is 2.19 bits per heavy atom. The molecule has 11 nitrogen and oxygen atoms in total. The minimum absolute atomic E-state index is 0.0350. The molecule has 7 atom stereocenters. The average molecular weight is 383 g/mol. The Morgan fingerprint density at radius 1 is 1.44 bits per heavy atom. The molecule has 27 heavy (non-hydrogen) atoms. The minimum atomic E-state index is -1.13. The van der Waals surface area contributed by atoms with Crippen molar-refractivity contribution in [1.29, 1.82) is 0 Å². The van der Waals surface area contributed by atoms with Gasteiger partial charge >= 0.3 is 0 Å². The van der Waals surface area contributed by atoms with Gasteiger partial charge in [-0.1, -0.05) is 18.6 Å². The Labute approximate surface area is 156 Å². The van der Waals surface area contributed by atoms with E-state index in [1.54, 1.807) is 0 Å². The zero-order valence-electron chi connectivity index (χ0n) is 15.3. The van der Waals surface area contributed by atoms with Gasteiger partial charge in [-0.25, -0.2) is 0 Å². The van der Waals surface area contributed by atoms with Crippen molar-refractivity contribution in [3.05, 3.63) is 22.1 Å². The smallest absolute Gasteiger partial charge is 0.118 e. The van der Waals surface area contributed by atoms with Crippen molar-refractivity contribution in [3.63, 3.8) is 0 Å². The van der Waals surface area contributed by atoms with E-state index in [1.807, 2.05) is 25.5 Å². The second-order valence-corrected chi connectivity index (χ2v) is 8.08. The first-order chi connectivity index (χ1) is 12.7. The second-order valence-electron chi connectivity index (χ2n) is 8.08. The molecule has 2 aliphatic heterocycles. The molecule has 4 aliphatic rings. The van der Waals surface area contributed by atoms with Crippen LogP contribution in [0, 0.1) is 21.2 Å². The lowest BCUT2D eigenvalue weighted by Gasteiger charge is -2.63. The fourth-order valence-corrected chi connectivity index (χ4v) is 5.63. The lowest BCUT2D eigenvalue weighted by atomic mass is 9.48. The maximum atomic E-state index is 12.1. The lowest BCUT2D eigenvalue weighted by Crippen LogP contribution is -2.72. The first-order valence-corrected chi connectivity index (χ1v) is 8.92. The topological polar surface area (TPSA) is 151 Å². The van der Waals surface area contributed by atoms with Gasteiger partial charge in [0.2, 0.25) is 0 Å². The Morgan fingerprint density at radius 3 is 2.85 bits per heavy atom. The number of nitrogens with zero attached hydrogens (tertiary/aromatic N) is 3. The SMILES string of the molecule is C=N[C@@]1(CO)C2C[C@H]3ON([O-])NN([O-])OCC4(C[C@H](N)C(C)=CC4O2)[C@@]31C. The number of nitrogens with two attached hydrogens (primary N) is 1. The first kappa shape index (κ1) is 19.3. The molecule has 2 bridgehead atoms. The predicted molar refractivity (Wildman–Crippen MR) is 93.9 cm³/mol. The van der Waals surface area contributed by atoms with Crippen LogP contribution in [-0.4, -0.2) is 65.6 Å². The highest BCUT2D eigenvalue weighted by atomic mass is 17.0. The third-order valence-electron chi connectivity index (χ3n) is 7.33. The quantitative estimate of drug-likeness (QED) is 0.421. The second kappa shape index (κ2) is 6.26. The van der Waals surface area contributed by atoms with Crippen molar-refractivity contribution in [3.8, 4) is 0 Å². The number of rotatable bonds is 2. The highest BCUT2D eigenvalue weighted by molar-refractivity contribution is 5.37. The van der Waals surface area contributed by atoms with Gasteiger partial charge in [-0.3, -0.25) is 14.7 Å². The number of hydrazine groups is 2. The van der Waals surface area contributed by atoms with E-state index in [0.717, 1.165) is 5.57 Å². The maximum Gasteiger partial charge on any atom is 0.118 e. The van der Waals surface area contributed by atoms with Crippen LogP contribution < -0.4 is 11.3 Å². The van der Waals surface area contributed by atoms with Gasteiger partial charge in [0.05, 0.1) is 31.5 Å². The van der Waals surface area contributed by atoms with Crippen LogP contribution >= 0.6 is 0 Å². The van der Waals surface area contributed by atoms with Gasteiger partial charge in [0, 0.05) is 23.3 Å². The van der Waals surface area contributed by atoms with Crippen LogP contribution in [-0.2, 0) is 14.4 Å². The number of aliphatic imine (C=N–C) groups is 1. The van der Waals surface area contributed by atoms with Crippen molar-refractivity contribution < 1.29 is 19.5 Å². The van der Waals surface area contributed by atoms with Crippen molar-refractivity contribution >= 4 is 6.72 Å². The first-order valence-electron chi connectivity index (χ1n) is 8.92. The molecule has 0 aromatic rings. The van der Waals surface area contributed by atoms with Crippen LogP contribution in [0.1, 0.15) is 26.7 Å². The van der Waals surface area contributed by atoms with Gasteiger partial charge in [0.1, 0.15) is 5.54 Å². The van der Waals surface area contributed by atoms with E-state index in [1.165, 1.54) is 0 Å². The summed E-state index contributed by atoms with van der Waals surface area (Å²) >= 11 is 0. The summed E-state index contributed by atoms with van der Waals surface area (Å²) < 4.78 is 6.34. The summed E-state index contributed by atoms with van der Waals surface area (Å²) in [5.74, 6) is 0. The molecule has 3 fully saturated rings. The standard InChI is InChI=1S/C16H25N5O6/c1-9-4-12-15(6-10(9)17)8-25-20(23)19-21(24)27-11-5-13(26-12)16(7-22,18-3)14(11,15)2/h4,10-13,19,22H,3,5-8,17H2,1-2H3/q-2/t10-,11+,12?,13?,14+,15?,16-/m0/s1. The minimum Gasteiger partial charge on any atom is -0.747 e. The molecular formula is C16H25N5O6-2. The van der Waals surface area contributed by atoms with E-state index in [4.69, 9.17) is 20.1 Å². The summed E-state index contributed by atoms with van der Waals surface area (Å²) in [4.78, 5) is 15.1. The number of ether oxygens (including phenoxy) is 1. The molecule has 4 rings (SSSR count). The molecule has 2 heterocycles. The van der Waals surface area contributed by atoms with E-state index in [0.29, 0.717) is 12.8 Å². The Balaban J connectivity index is 1.94. The molecule has 0 aromatic heterocycles. The van der Waals surface area contributed by atoms with Gasteiger partial charge in [-0.15, -0.1) is 0 Å². The van der Waals surface area contributed by atoms with Gasteiger partial charge in [0.25, 0.3) is 0 Å². The van der Waals surface area contributed by atoms with Gasteiger partial charge in [-0.05, 0) is 20.1 Å². The number of aliphatic hydroxyl groups excluding tert-OH is 1. The predicted octanol–water partition coefficient (Wildman–Crippen LogP) is -0.476. The van der Waals surface area contributed by atoms with Gasteiger partial charge < -0.3 is 26.0 Å². The third kappa shape index (κ3) is 2.29. The van der Waals surface area contributed by atoms with Crippen LogP contribution in [0.3, 0.4) is 0 Å². The largest absolute Gasteiger partial charge is 0.747 e. The highest BCUT2D eigenvalue weighted by Crippen LogP contribution is 2.68. The molecular weight excluding hydrogens is 358 g/mol. The van der Waals surface area contributed by atoms with Crippen LogP contribution in [0.25, 0.3) is 0 Å². The van der Waals surface area contributed by atoms with Crippen LogP contribution in [0.15, 0.2) is 16.6 Å².